The zero-order chi connectivity index (χ0) is 11.8. The van der Waals surface area contributed by atoms with Crippen LogP contribution in [0.15, 0.2) is 47.7 Å². The normalized spacial score (nSPS) is 13.1. The highest BCUT2D eigenvalue weighted by atomic mass is 16.1. The van der Waals surface area contributed by atoms with Crippen LogP contribution < -0.4 is 5.32 Å². The standard InChI is InChI=1S/C13H19NO/c1-6-7-12(10(2)3)8-9-13(14-5)11(4)15/h6-9,14H,2H2,1,3-5H3/b7-6+,12-8+,13-9-. The van der Waals surface area contributed by atoms with Crippen molar-refractivity contribution in [1.82, 2.24) is 5.32 Å². The first kappa shape index (κ1) is 13.4. The summed E-state index contributed by atoms with van der Waals surface area (Å²) in [6, 6.07) is 0. The Labute approximate surface area is 92.1 Å². The third kappa shape index (κ3) is 5.01. The second-order valence-corrected chi connectivity index (χ2v) is 3.29. The largest absolute Gasteiger partial charge is 0.385 e. The minimum atomic E-state index is 0.0234. The molecule has 0 fully saturated rings. The Morgan fingerprint density at radius 1 is 1.27 bits per heavy atom. The van der Waals surface area contributed by atoms with E-state index in [9.17, 15) is 4.79 Å². The second-order valence-electron chi connectivity index (χ2n) is 3.29. The van der Waals surface area contributed by atoms with Crippen molar-refractivity contribution in [1.29, 1.82) is 0 Å². The number of rotatable bonds is 5. The van der Waals surface area contributed by atoms with Crippen molar-refractivity contribution in [3.8, 4) is 0 Å². The lowest BCUT2D eigenvalue weighted by Gasteiger charge is -2.01. The van der Waals surface area contributed by atoms with E-state index >= 15 is 0 Å². The summed E-state index contributed by atoms with van der Waals surface area (Å²) < 4.78 is 0. The zero-order valence-electron chi connectivity index (χ0n) is 9.92. The number of carbonyl (C=O) groups is 1. The molecule has 0 rings (SSSR count). The van der Waals surface area contributed by atoms with Gasteiger partial charge in [0.25, 0.3) is 0 Å². The smallest absolute Gasteiger partial charge is 0.175 e. The second kappa shape index (κ2) is 6.82. The molecule has 0 aliphatic heterocycles. The van der Waals surface area contributed by atoms with Crippen molar-refractivity contribution in [2.45, 2.75) is 20.8 Å². The van der Waals surface area contributed by atoms with Crippen LogP contribution in [-0.2, 0) is 4.79 Å². The van der Waals surface area contributed by atoms with Crippen LogP contribution in [0.4, 0.5) is 0 Å². The van der Waals surface area contributed by atoms with Gasteiger partial charge in [-0.1, -0.05) is 30.4 Å². The molecule has 0 atom stereocenters. The summed E-state index contributed by atoms with van der Waals surface area (Å²) in [7, 11) is 1.73. The summed E-state index contributed by atoms with van der Waals surface area (Å²) in [6.07, 6.45) is 7.56. The van der Waals surface area contributed by atoms with Gasteiger partial charge in [-0.2, -0.15) is 0 Å². The van der Waals surface area contributed by atoms with Crippen LogP contribution in [0.5, 0.6) is 0 Å². The Morgan fingerprint density at radius 2 is 1.87 bits per heavy atom. The number of ketones is 1. The van der Waals surface area contributed by atoms with Gasteiger partial charge in [0.2, 0.25) is 0 Å². The van der Waals surface area contributed by atoms with E-state index in [-0.39, 0.29) is 5.78 Å². The van der Waals surface area contributed by atoms with Crippen LogP contribution >= 0.6 is 0 Å². The van der Waals surface area contributed by atoms with E-state index in [1.54, 1.807) is 13.1 Å². The Morgan fingerprint density at radius 3 is 2.20 bits per heavy atom. The van der Waals surface area contributed by atoms with Gasteiger partial charge in [0.05, 0.1) is 5.70 Å². The van der Waals surface area contributed by atoms with Crippen LogP contribution in [0.3, 0.4) is 0 Å². The molecule has 0 amide bonds. The predicted octanol–water partition coefficient (Wildman–Crippen LogP) is 2.76. The third-order valence-electron chi connectivity index (χ3n) is 1.92. The molecule has 0 saturated carbocycles. The topological polar surface area (TPSA) is 29.1 Å². The average Bonchev–Trinajstić information content (AvgIpc) is 2.16. The minimum Gasteiger partial charge on any atom is -0.385 e. The van der Waals surface area contributed by atoms with Crippen LogP contribution in [0.1, 0.15) is 20.8 Å². The number of Topliss-reactive ketones (excluding diaryl/α,β-unsaturated/α-hetero) is 1. The lowest BCUT2D eigenvalue weighted by molar-refractivity contribution is -0.113. The highest BCUT2D eigenvalue weighted by Gasteiger charge is 1.98. The minimum absolute atomic E-state index is 0.0234. The molecule has 0 spiro atoms. The number of carbonyl (C=O) groups excluding carboxylic acids is 1. The van der Waals surface area contributed by atoms with E-state index in [0.717, 1.165) is 11.1 Å². The van der Waals surface area contributed by atoms with E-state index in [4.69, 9.17) is 0 Å². The first-order valence-corrected chi connectivity index (χ1v) is 4.92. The monoisotopic (exact) mass is 205 g/mol. The number of likely N-dealkylation sites (N-methyl/N-ethyl adjacent to an activating group) is 1. The van der Waals surface area contributed by atoms with Gasteiger partial charge in [0.1, 0.15) is 0 Å². The summed E-state index contributed by atoms with van der Waals surface area (Å²) in [5.74, 6) is 0.0234. The Balaban J connectivity index is 4.99. The molecule has 0 aromatic rings. The Hall–Kier alpha value is -1.57. The van der Waals surface area contributed by atoms with Gasteiger partial charge in [-0.15, -0.1) is 0 Å². The van der Waals surface area contributed by atoms with Gasteiger partial charge in [0, 0.05) is 14.0 Å². The van der Waals surface area contributed by atoms with E-state index in [0.29, 0.717) is 5.70 Å². The fraction of sp³-hybridized carbons (Fsp3) is 0.308. The van der Waals surface area contributed by atoms with Crippen LogP contribution in [0.2, 0.25) is 0 Å². The maximum absolute atomic E-state index is 11.1. The Bertz CT molecular complexity index is 332. The quantitative estimate of drug-likeness (QED) is 0.552. The van der Waals surface area contributed by atoms with Crippen molar-refractivity contribution in [3.63, 3.8) is 0 Å². The maximum atomic E-state index is 11.1. The number of nitrogens with one attached hydrogen (secondary N) is 1. The summed E-state index contributed by atoms with van der Waals surface area (Å²) >= 11 is 0. The molecule has 2 heteroatoms. The number of allylic oxidation sites excluding steroid dienone is 7. The molecule has 0 saturated heterocycles. The molecular weight excluding hydrogens is 186 g/mol. The summed E-state index contributed by atoms with van der Waals surface area (Å²) in [4.78, 5) is 11.1. The van der Waals surface area contributed by atoms with Crippen LogP contribution in [-0.4, -0.2) is 12.8 Å². The van der Waals surface area contributed by atoms with Gasteiger partial charge in [-0.25, -0.2) is 0 Å². The molecule has 82 valence electrons. The molecule has 0 radical (unpaired) electrons. The van der Waals surface area contributed by atoms with Gasteiger partial charge >= 0.3 is 0 Å². The lowest BCUT2D eigenvalue weighted by Crippen LogP contribution is -2.12. The predicted molar refractivity (Wildman–Crippen MR) is 65.5 cm³/mol. The molecule has 2 nitrogen and oxygen atoms in total. The molecule has 1 N–H and O–H groups in total. The number of hydrogen-bond acceptors (Lipinski definition) is 2. The fourth-order valence-electron chi connectivity index (χ4n) is 1.07. The van der Waals surface area contributed by atoms with E-state index in [1.165, 1.54) is 6.92 Å². The van der Waals surface area contributed by atoms with Crippen molar-refractivity contribution in [2.24, 2.45) is 0 Å². The molecule has 0 heterocycles. The summed E-state index contributed by atoms with van der Waals surface area (Å²) in [5.41, 5.74) is 2.59. The van der Waals surface area contributed by atoms with Gasteiger partial charge < -0.3 is 5.32 Å². The van der Waals surface area contributed by atoms with Crippen molar-refractivity contribution >= 4 is 5.78 Å². The van der Waals surface area contributed by atoms with E-state index in [1.807, 2.05) is 32.1 Å². The molecule has 15 heavy (non-hydrogen) atoms. The van der Waals surface area contributed by atoms with Crippen molar-refractivity contribution < 1.29 is 4.79 Å². The highest BCUT2D eigenvalue weighted by molar-refractivity contribution is 5.92. The molecule has 0 aromatic heterocycles. The highest BCUT2D eigenvalue weighted by Crippen LogP contribution is 2.09. The van der Waals surface area contributed by atoms with Crippen molar-refractivity contribution in [2.75, 3.05) is 7.05 Å². The van der Waals surface area contributed by atoms with E-state index in [2.05, 4.69) is 11.9 Å². The maximum Gasteiger partial charge on any atom is 0.175 e. The zero-order valence-corrected chi connectivity index (χ0v) is 9.92. The Kier molecular flexibility index (Phi) is 6.11. The summed E-state index contributed by atoms with van der Waals surface area (Å²) in [6.45, 7) is 9.29. The first-order chi connectivity index (χ1) is 7.02. The fourth-order valence-corrected chi connectivity index (χ4v) is 1.07. The van der Waals surface area contributed by atoms with Crippen LogP contribution in [0, 0.1) is 0 Å². The first-order valence-electron chi connectivity index (χ1n) is 4.92. The molecule has 0 aliphatic rings. The SMILES string of the molecule is C=C(C)C(/C=C/C)=C/C=C(\NC)C(C)=O. The van der Waals surface area contributed by atoms with Gasteiger partial charge in [0.15, 0.2) is 5.78 Å². The molecule has 0 aliphatic carbocycles. The van der Waals surface area contributed by atoms with E-state index < -0.39 is 0 Å². The molecular formula is C13H19NO. The van der Waals surface area contributed by atoms with Crippen LogP contribution in [0.25, 0.3) is 0 Å². The molecule has 0 unspecified atom stereocenters. The molecule has 0 bridgehead atoms. The van der Waals surface area contributed by atoms with Crippen molar-refractivity contribution in [3.05, 3.63) is 47.7 Å². The van der Waals surface area contributed by atoms with Gasteiger partial charge in [-0.3, -0.25) is 4.79 Å². The lowest BCUT2D eigenvalue weighted by atomic mass is 10.1. The van der Waals surface area contributed by atoms with Gasteiger partial charge in [-0.05, 0) is 25.5 Å². The third-order valence-corrected chi connectivity index (χ3v) is 1.92. The molecule has 0 aromatic carbocycles. The number of hydrogen-bond donors (Lipinski definition) is 1. The summed E-state index contributed by atoms with van der Waals surface area (Å²) in [5, 5.41) is 2.85. The average molecular weight is 205 g/mol.